The first kappa shape index (κ1) is 13.6. The van der Waals surface area contributed by atoms with Crippen LogP contribution in [0.5, 0.6) is 5.75 Å². The molecule has 1 heterocycles. The smallest absolute Gasteiger partial charge is 0.196 e. The maximum absolute atomic E-state index is 13.7. The lowest BCUT2D eigenvalue weighted by atomic mass is 9.95. The first-order chi connectivity index (χ1) is 10.1. The van der Waals surface area contributed by atoms with Crippen LogP contribution in [0.1, 0.15) is 27.0 Å². The van der Waals surface area contributed by atoms with E-state index < -0.39 is 0 Å². The lowest BCUT2D eigenvalue weighted by Crippen LogP contribution is -2.20. The summed E-state index contributed by atoms with van der Waals surface area (Å²) in [5.74, 6) is 0.201. The van der Waals surface area contributed by atoms with Crippen molar-refractivity contribution in [1.82, 2.24) is 0 Å². The van der Waals surface area contributed by atoms with Gasteiger partial charge in [-0.3, -0.25) is 4.79 Å². The van der Waals surface area contributed by atoms with E-state index in [1.54, 1.807) is 24.3 Å². The molecule has 0 saturated carbocycles. The third-order valence-corrected chi connectivity index (χ3v) is 3.56. The summed E-state index contributed by atoms with van der Waals surface area (Å²) in [7, 11) is 0. The van der Waals surface area contributed by atoms with Crippen molar-refractivity contribution in [1.29, 1.82) is 0 Å². The monoisotopic (exact) mass is 282 g/mol. The SMILES string of the molecule is Cc1cc(C)c2c(c1)C(=O)/C(=C\c1ccccc1F)CO2. The largest absolute Gasteiger partial charge is 0.488 e. The summed E-state index contributed by atoms with van der Waals surface area (Å²) >= 11 is 0. The van der Waals surface area contributed by atoms with Gasteiger partial charge in [-0.05, 0) is 43.2 Å². The molecule has 0 radical (unpaired) electrons. The van der Waals surface area contributed by atoms with Gasteiger partial charge in [-0.1, -0.05) is 24.3 Å². The van der Waals surface area contributed by atoms with Crippen LogP contribution in [0.3, 0.4) is 0 Å². The minimum absolute atomic E-state index is 0.0914. The van der Waals surface area contributed by atoms with Gasteiger partial charge in [0.05, 0.1) is 5.56 Å². The molecule has 0 fully saturated rings. The summed E-state index contributed by atoms with van der Waals surface area (Å²) < 4.78 is 19.4. The third kappa shape index (κ3) is 2.47. The molecule has 1 aliphatic rings. The Kier molecular flexibility index (Phi) is 3.34. The molecular formula is C18H15FO2. The number of hydrogen-bond donors (Lipinski definition) is 0. The van der Waals surface area contributed by atoms with Crippen LogP contribution < -0.4 is 4.74 Å². The molecule has 0 unspecified atom stereocenters. The zero-order valence-corrected chi connectivity index (χ0v) is 11.9. The van der Waals surface area contributed by atoms with Crippen LogP contribution in [0.25, 0.3) is 6.08 Å². The van der Waals surface area contributed by atoms with Crippen molar-refractivity contribution in [3.63, 3.8) is 0 Å². The van der Waals surface area contributed by atoms with E-state index in [2.05, 4.69) is 0 Å². The Morgan fingerprint density at radius 3 is 2.71 bits per heavy atom. The van der Waals surface area contributed by atoms with E-state index in [-0.39, 0.29) is 18.2 Å². The Labute approximate surface area is 122 Å². The molecular weight excluding hydrogens is 267 g/mol. The van der Waals surface area contributed by atoms with Crippen LogP contribution in [-0.2, 0) is 0 Å². The van der Waals surface area contributed by atoms with Gasteiger partial charge >= 0.3 is 0 Å². The summed E-state index contributed by atoms with van der Waals surface area (Å²) in [6.07, 6.45) is 1.57. The minimum atomic E-state index is -0.344. The fourth-order valence-corrected chi connectivity index (χ4v) is 2.59. The quantitative estimate of drug-likeness (QED) is 0.736. The first-order valence-electron chi connectivity index (χ1n) is 6.80. The Bertz CT molecular complexity index is 760. The number of fused-ring (bicyclic) bond motifs is 1. The Hall–Kier alpha value is -2.42. The zero-order chi connectivity index (χ0) is 15.0. The molecule has 0 amide bonds. The van der Waals surface area contributed by atoms with E-state index in [0.29, 0.717) is 22.4 Å². The van der Waals surface area contributed by atoms with E-state index >= 15 is 0 Å². The van der Waals surface area contributed by atoms with Crippen LogP contribution in [0.15, 0.2) is 42.0 Å². The predicted octanol–water partition coefficient (Wildman–Crippen LogP) is 4.10. The van der Waals surface area contributed by atoms with E-state index in [1.807, 2.05) is 26.0 Å². The second-order valence-electron chi connectivity index (χ2n) is 5.27. The summed E-state index contributed by atoms with van der Waals surface area (Å²) in [5.41, 5.74) is 3.38. The molecule has 1 aliphatic heterocycles. The highest BCUT2D eigenvalue weighted by molar-refractivity contribution is 6.14. The number of ether oxygens (including phenoxy) is 1. The average Bonchev–Trinajstić information content (AvgIpc) is 2.44. The van der Waals surface area contributed by atoms with E-state index in [9.17, 15) is 9.18 Å². The van der Waals surface area contributed by atoms with Crippen molar-refractivity contribution in [2.45, 2.75) is 13.8 Å². The minimum Gasteiger partial charge on any atom is -0.488 e. The van der Waals surface area contributed by atoms with Gasteiger partial charge in [0.2, 0.25) is 0 Å². The lowest BCUT2D eigenvalue weighted by Gasteiger charge is -2.21. The number of rotatable bonds is 1. The number of ketones is 1. The van der Waals surface area contributed by atoms with Gasteiger partial charge in [-0.15, -0.1) is 0 Å². The molecule has 2 aromatic carbocycles. The number of halogens is 1. The maximum atomic E-state index is 13.7. The van der Waals surface area contributed by atoms with Crippen LogP contribution in [0, 0.1) is 19.7 Å². The number of carbonyl (C=O) groups excluding carboxylic acids is 1. The Balaban J connectivity index is 2.05. The standard InChI is InChI=1S/C18H15FO2/c1-11-7-12(2)18-15(8-11)17(20)14(10-21-18)9-13-5-3-4-6-16(13)19/h3-9H,10H2,1-2H3/b14-9-. The first-order valence-corrected chi connectivity index (χ1v) is 6.80. The van der Waals surface area contributed by atoms with Crippen molar-refractivity contribution in [2.75, 3.05) is 6.61 Å². The summed E-state index contributed by atoms with van der Waals surface area (Å²) in [6, 6.07) is 10.2. The van der Waals surface area contributed by atoms with E-state index in [0.717, 1.165) is 11.1 Å². The number of carbonyl (C=O) groups is 1. The highest BCUT2D eigenvalue weighted by Gasteiger charge is 2.25. The highest BCUT2D eigenvalue weighted by Crippen LogP contribution is 2.32. The fourth-order valence-electron chi connectivity index (χ4n) is 2.59. The van der Waals surface area contributed by atoms with E-state index in [4.69, 9.17) is 4.74 Å². The van der Waals surface area contributed by atoms with Gasteiger partial charge in [0.15, 0.2) is 5.78 Å². The van der Waals surface area contributed by atoms with Gasteiger partial charge in [0, 0.05) is 11.1 Å². The molecule has 0 aromatic heterocycles. The van der Waals surface area contributed by atoms with Crippen LogP contribution in [0.2, 0.25) is 0 Å². The zero-order valence-electron chi connectivity index (χ0n) is 11.9. The van der Waals surface area contributed by atoms with Gasteiger partial charge in [0.1, 0.15) is 18.2 Å². The van der Waals surface area contributed by atoms with E-state index in [1.165, 1.54) is 6.07 Å². The van der Waals surface area contributed by atoms with Crippen molar-refractivity contribution >= 4 is 11.9 Å². The molecule has 3 heteroatoms. The number of aryl methyl sites for hydroxylation is 2. The van der Waals surface area contributed by atoms with Crippen molar-refractivity contribution in [2.24, 2.45) is 0 Å². The molecule has 21 heavy (non-hydrogen) atoms. The number of Topliss-reactive ketones (excluding diaryl/α,β-unsaturated/α-hetero) is 1. The summed E-state index contributed by atoms with van der Waals surface area (Å²) in [4.78, 5) is 12.6. The Morgan fingerprint density at radius 2 is 1.95 bits per heavy atom. The highest BCUT2D eigenvalue weighted by atomic mass is 19.1. The molecule has 106 valence electrons. The van der Waals surface area contributed by atoms with Crippen molar-refractivity contribution in [3.8, 4) is 5.75 Å². The summed E-state index contributed by atoms with van der Waals surface area (Å²) in [5, 5.41) is 0. The summed E-state index contributed by atoms with van der Waals surface area (Å²) in [6.45, 7) is 4.03. The Morgan fingerprint density at radius 1 is 1.19 bits per heavy atom. The number of hydrogen-bond acceptors (Lipinski definition) is 2. The fraction of sp³-hybridized carbons (Fsp3) is 0.167. The van der Waals surface area contributed by atoms with Crippen molar-refractivity contribution < 1.29 is 13.9 Å². The van der Waals surface area contributed by atoms with Gasteiger partial charge < -0.3 is 4.74 Å². The maximum Gasteiger partial charge on any atom is 0.196 e. The van der Waals surface area contributed by atoms with Crippen molar-refractivity contribution in [3.05, 3.63) is 70.0 Å². The van der Waals surface area contributed by atoms with Gasteiger partial charge in [-0.2, -0.15) is 0 Å². The normalized spacial score (nSPS) is 15.8. The molecule has 3 rings (SSSR count). The molecule has 2 nitrogen and oxygen atoms in total. The molecule has 0 N–H and O–H groups in total. The van der Waals surface area contributed by atoms with Gasteiger partial charge in [-0.25, -0.2) is 4.39 Å². The molecule has 0 bridgehead atoms. The molecule has 2 aromatic rings. The molecule has 0 aliphatic carbocycles. The molecule has 0 atom stereocenters. The third-order valence-electron chi connectivity index (χ3n) is 3.56. The second kappa shape index (κ2) is 5.17. The predicted molar refractivity (Wildman–Crippen MR) is 80.1 cm³/mol. The average molecular weight is 282 g/mol. The molecule has 0 spiro atoms. The molecule has 0 saturated heterocycles. The number of benzene rings is 2. The van der Waals surface area contributed by atoms with Gasteiger partial charge in [0.25, 0.3) is 0 Å². The topological polar surface area (TPSA) is 26.3 Å². The van der Waals surface area contributed by atoms with Crippen LogP contribution in [0.4, 0.5) is 4.39 Å². The second-order valence-corrected chi connectivity index (χ2v) is 5.27. The van der Waals surface area contributed by atoms with Crippen LogP contribution >= 0.6 is 0 Å². The van der Waals surface area contributed by atoms with Crippen LogP contribution in [-0.4, -0.2) is 12.4 Å². The lowest BCUT2D eigenvalue weighted by molar-refractivity contribution is 0.100.